The van der Waals surface area contributed by atoms with Gasteiger partial charge in [-0.15, -0.1) is 0 Å². The van der Waals surface area contributed by atoms with Gasteiger partial charge in [-0.2, -0.15) is 0 Å². The standard InChI is InChI=1S/C12H26N2O2/c1-3-13-8-11(15)9-14(4-2)10-12-6-5-7-16-12/h11-13,15H,3-10H2,1-2H3. The van der Waals surface area contributed by atoms with Crippen molar-refractivity contribution in [1.29, 1.82) is 0 Å². The molecule has 16 heavy (non-hydrogen) atoms. The molecule has 0 aliphatic carbocycles. The van der Waals surface area contributed by atoms with Gasteiger partial charge in [-0.3, -0.25) is 4.90 Å². The summed E-state index contributed by atoms with van der Waals surface area (Å²) in [6.07, 6.45) is 2.45. The topological polar surface area (TPSA) is 44.7 Å². The first kappa shape index (κ1) is 13.9. The highest BCUT2D eigenvalue weighted by Gasteiger charge is 2.19. The van der Waals surface area contributed by atoms with Crippen LogP contribution in [0.3, 0.4) is 0 Å². The van der Waals surface area contributed by atoms with Crippen LogP contribution < -0.4 is 5.32 Å². The summed E-state index contributed by atoms with van der Waals surface area (Å²) >= 11 is 0. The fourth-order valence-electron chi connectivity index (χ4n) is 2.08. The highest BCUT2D eigenvalue weighted by Crippen LogP contribution is 2.13. The Labute approximate surface area is 99.0 Å². The molecule has 1 aliphatic heterocycles. The molecule has 4 heteroatoms. The molecule has 96 valence electrons. The van der Waals surface area contributed by atoms with E-state index in [1.54, 1.807) is 0 Å². The van der Waals surface area contributed by atoms with Gasteiger partial charge in [-0.25, -0.2) is 0 Å². The molecule has 2 N–H and O–H groups in total. The summed E-state index contributed by atoms with van der Waals surface area (Å²) in [6, 6.07) is 0. The average molecular weight is 230 g/mol. The second-order valence-corrected chi connectivity index (χ2v) is 4.45. The van der Waals surface area contributed by atoms with E-state index in [2.05, 4.69) is 24.1 Å². The van der Waals surface area contributed by atoms with E-state index >= 15 is 0 Å². The summed E-state index contributed by atoms with van der Waals surface area (Å²) in [6.45, 7) is 9.35. The number of nitrogens with zero attached hydrogens (tertiary/aromatic N) is 1. The van der Waals surface area contributed by atoms with Gasteiger partial charge in [0, 0.05) is 26.2 Å². The summed E-state index contributed by atoms with van der Waals surface area (Å²) in [5, 5.41) is 13.0. The molecule has 0 saturated carbocycles. The highest BCUT2D eigenvalue weighted by molar-refractivity contribution is 4.72. The molecule has 0 spiro atoms. The van der Waals surface area contributed by atoms with E-state index in [1.807, 2.05) is 0 Å². The lowest BCUT2D eigenvalue weighted by atomic mass is 10.2. The quantitative estimate of drug-likeness (QED) is 0.636. The minimum absolute atomic E-state index is 0.277. The predicted octanol–water partition coefficient (Wildman–Crippen LogP) is 0.458. The molecule has 1 saturated heterocycles. The molecule has 4 nitrogen and oxygen atoms in total. The molecule has 0 aromatic rings. The first-order chi connectivity index (χ1) is 7.76. The molecular weight excluding hydrogens is 204 g/mol. The molecule has 2 atom stereocenters. The van der Waals surface area contributed by atoms with E-state index in [0.717, 1.165) is 32.8 Å². The summed E-state index contributed by atoms with van der Waals surface area (Å²) < 4.78 is 5.61. The highest BCUT2D eigenvalue weighted by atomic mass is 16.5. The molecule has 2 unspecified atom stereocenters. The first-order valence-corrected chi connectivity index (χ1v) is 6.49. The molecule has 0 radical (unpaired) electrons. The number of nitrogens with one attached hydrogen (secondary N) is 1. The SMILES string of the molecule is CCNCC(O)CN(CC)CC1CCCO1. The maximum absolute atomic E-state index is 9.81. The fraction of sp³-hybridized carbons (Fsp3) is 1.00. The predicted molar refractivity (Wildman–Crippen MR) is 65.6 cm³/mol. The molecular formula is C12H26N2O2. The van der Waals surface area contributed by atoms with Crippen molar-refractivity contribution < 1.29 is 9.84 Å². The van der Waals surface area contributed by atoms with E-state index in [-0.39, 0.29) is 6.10 Å². The van der Waals surface area contributed by atoms with Gasteiger partial charge < -0.3 is 15.2 Å². The Balaban J connectivity index is 2.19. The largest absolute Gasteiger partial charge is 0.390 e. The van der Waals surface area contributed by atoms with Crippen molar-refractivity contribution >= 4 is 0 Å². The molecule has 1 fully saturated rings. The number of rotatable bonds is 8. The van der Waals surface area contributed by atoms with Crippen LogP contribution in [0.15, 0.2) is 0 Å². The van der Waals surface area contributed by atoms with Crippen LogP contribution in [0, 0.1) is 0 Å². The lowest BCUT2D eigenvalue weighted by Crippen LogP contribution is -2.41. The van der Waals surface area contributed by atoms with Crippen LogP contribution in [0.4, 0.5) is 0 Å². The fourth-order valence-corrected chi connectivity index (χ4v) is 2.08. The smallest absolute Gasteiger partial charge is 0.0791 e. The summed E-state index contributed by atoms with van der Waals surface area (Å²) in [7, 11) is 0. The van der Waals surface area contributed by atoms with Crippen LogP contribution in [-0.2, 0) is 4.74 Å². The van der Waals surface area contributed by atoms with Crippen LogP contribution in [0.1, 0.15) is 26.7 Å². The number of aliphatic hydroxyl groups is 1. The molecule has 0 aromatic carbocycles. The first-order valence-electron chi connectivity index (χ1n) is 6.49. The zero-order valence-electron chi connectivity index (χ0n) is 10.6. The Bertz CT molecular complexity index is 172. The molecule has 0 aromatic heterocycles. The monoisotopic (exact) mass is 230 g/mol. The number of hydrogen-bond acceptors (Lipinski definition) is 4. The number of aliphatic hydroxyl groups excluding tert-OH is 1. The van der Waals surface area contributed by atoms with Crippen molar-refractivity contribution in [2.45, 2.75) is 38.9 Å². The van der Waals surface area contributed by atoms with Crippen LogP contribution in [0.25, 0.3) is 0 Å². The average Bonchev–Trinajstić information content (AvgIpc) is 2.78. The molecule has 1 rings (SSSR count). The molecule has 0 amide bonds. The lowest BCUT2D eigenvalue weighted by Gasteiger charge is -2.26. The lowest BCUT2D eigenvalue weighted by molar-refractivity contribution is 0.0520. The van der Waals surface area contributed by atoms with Crippen molar-refractivity contribution in [3.63, 3.8) is 0 Å². The van der Waals surface area contributed by atoms with Crippen LogP contribution >= 0.6 is 0 Å². The summed E-state index contributed by atoms with van der Waals surface area (Å²) in [5.74, 6) is 0. The van der Waals surface area contributed by atoms with E-state index in [9.17, 15) is 5.11 Å². The third-order valence-electron chi connectivity index (χ3n) is 3.03. The van der Waals surface area contributed by atoms with Gasteiger partial charge in [0.05, 0.1) is 12.2 Å². The molecule has 0 bridgehead atoms. The van der Waals surface area contributed by atoms with Crippen molar-refractivity contribution in [3.8, 4) is 0 Å². The third kappa shape index (κ3) is 5.25. The normalized spacial score (nSPS) is 22.9. The number of likely N-dealkylation sites (N-methyl/N-ethyl adjacent to an activating group) is 2. The maximum atomic E-state index is 9.81. The second-order valence-electron chi connectivity index (χ2n) is 4.45. The summed E-state index contributed by atoms with van der Waals surface area (Å²) in [4.78, 5) is 2.28. The van der Waals surface area contributed by atoms with Crippen molar-refractivity contribution in [2.24, 2.45) is 0 Å². The Morgan fingerprint density at radius 3 is 2.88 bits per heavy atom. The van der Waals surface area contributed by atoms with Crippen molar-refractivity contribution in [1.82, 2.24) is 10.2 Å². The zero-order chi connectivity index (χ0) is 11.8. The van der Waals surface area contributed by atoms with Crippen molar-refractivity contribution in [3.05, 3.63) is 0 Å². The van der Waals surface area contributed by atoms with Crippen LogP contribution in [0.5, 0.6) is 0 Å². The molecule has 1 heterocycles. The Hall–Kier alpha value is -0.160. The minimum atomic E-state index is -0.277. The second kappa shape index (κ2) is 8.01. The Kier molecular flexibility index (Phi) is 6.96. The third-order valence-corrected chi connectivity index (χ3v) is 3.03. The van der Waals surface area contributed by atoms with Crippen LogP contribution in [0.2, 0.25) is 0 Å². The van der Waals surface area contributed by atoms with Crippen molar-refractivity contribution in [2.75, 3.05) is 39.3 Å². The van der Waals surface area contributed by atoms with E-state index in [4.69, 9.17) is 4.74 Å². The zero-order valence-corrected chi connectivity index (χ0v) is 10.6. The Morgan fingerprint density at radius 1 is 1.50 bits per heavy atom. The van der Waals surface area contributed by atoms with Gasteiger partial charge in [-0.1, -0.05) is 13.8 Å². The summed E-state index contributed by atoms with van der Waals surface area (Å²) in [5.41, 5.74) is 0. The van der Waals surface area contributed by atoms with Gasteiger partial charge in [0.15, 0.2) is 0 Å². The van der Waals surface area contributed by atoms with E-state index < -0.39 is 0 Å². The number of hydrogen-bond donors (Lipinski definition) is 2. The van der Waals surface area contributed by atoms with Gasteiger partial charge in [0.1, 0.15) is 0 Å². The van der Waals surface area contributed by atoms with Gasteiger partial charge in [0.2, 0.25) is 0 Å². The maximum Gasteiger partial charge on any atom is 0.0791 e. The minimum Gasteiger partial charge on any atom is -0.390 e. The number of ether oxygens (including phenoxy) is 1. The molecule has 1 aliphatic rings. The Morgan fingerprint density at radius 2 is 2.31 bits per heavy atom. The van der Waals surface area contributed by atoms with Gasteiger partial charge in [-0.05, 0) is 25.9 Å². The van der Waals surface area contributed by atoms with E-state index in [0.29, 0.717) is 12.6 Å². The van der Waals surface area contributed by atoms with Gasteiger partial charge >= 0.3 is 0 Å². The van der Waals surface area contributed by atoms with E-state index in [1.165, 1.54) is 12.8 Å². The van der Waals surface area contributed by atoms with Crippen LogP contribution in [-0.4, -0.2) is 61.5 Å². The van der Waals surface area contributed by atoms with Gasteiger partial charge in [0.25, 0.3) is 0 Å².